The quantitative estimate of drug-likeness (QED) is 0.849. The minimum Gasteiger partial charge on any atom is -0.306 e. The van der Waals surface area contributed by atoms with Crippen LogP contribution in [0.5, 0.6) is 0 Å². The second kappa shape index (κ2) is 7.51. The standard InChI is InChI=1S/C18H18N2O3S/c1-2-23-19-18(22)14-9-7-13(8-10-14)11-20-15-5-3-4-6-16(15)24-12-17(20)21/h3-10H,2,11-12H2,1H3,(H,19,22). The Morgan fingerprint density at radius 3 is 2.71 bits per heavy atom. The first-order valence-electron chi connectivity index (χ1n) is 7.72. The first kappa shape index (κ1) is 16.5. The third-order valence-electron chi connectivity index (χ3n) is 3.67. The number of anilines is 1. The highest BCUT2D eigenvalue weighted by molar-refractivity contribution is 8.00. The summed E-state index contributed by atoms with van der Waals surface area (Å²) >= 11 is 1.57. The van der Waals surface area contributed by atoms with Crippen molar-refractivity contribution in [2.45, 2.75) is 18.4 Å². The first-order chi connectivity index (χ1) is 11.7. The van der Waals surface area contributed by atoms with Gasteiger partial charge in [0.05, 0.1) is 24.6 Å². The van der Waals surface area contributed by atoms with Crippen LogP contribution in [0.3, 0.4) is 0 Å². The predicted octanol–water partition coefficient (Wildman–Crippen LogP) is 3.01. The molecule has 0 fully saturated rings. The smallest absolute Gasteiger partial charge is 0.274 e. The van der Waals surface area contributed by atoms with Gasteiger partial charge in [0.15, 0.2) is 0 Å². The number of nitrogens with zero attached hydrogens (tertiary/aromatic N) is 1. The van der Waals surface area contributed by atoms with Crippen LogP contribution >= 0.6 is 11.8 Å². The van der Waals surface area contributed by atoms with Gasteiger partial charge >= 0.3 is 0 Å². The van der Waals surface area contributed by atoms with Gasteiger partial charge in [0.1, 0.15) is 0 Å². The highest BCUT2D eigenvalue weighted by Crippen LogP contribution is 2.35. The molecule has 0 saturated heterocycles. The van der Waals surface area contributed by atoms with Crippen molar-refractivity contribution in [1.82, 2.24) is 5.48 Å². The molecular formula is C18H18N2O3S. The van der Waals surface area contributed by atoms with E-state index in [0.717, 1.165) is 16.1 Å². The molecule has 3 rings (SSSR count). The average Bonchev–Trinajstić information content (AvgIpc) is 2.62. The molecule has 2 aromatic rings. The Labute approximate surface area is 144 Å². The van der Waals surface area contributed by atoms with Crippen LogP contribution in [0.4, 0.5) is 5.69 Å². The monoisotopic (exact) mass is 342 g/mol. The van der Waals surface area contributed by atoms with Crippen LogP contribution in [0, 0.1) is 0 Å². The van der Waals surface area contributed by atoms with E-state index in [9.17, 15) is 9.59 Å². The van der Waals surface area contributed by atoms with E-state index in [1.165, 1.54) is 0 Å². The van der Waals surface area contributed by atoms with Gasteiger partial charge in [0, 0.05) is 10.5 Å². The molecular weight excluding hydrogens is 324 g/mol. The summed E-state index contributed by atoms with van der Waals surface area (Å²) in [4.78, 5) is 31.9. The molecule has 2 aromatic carbocycles. The maximum atomic E-state index is 12.3. The normalized spacial score (nSPS) is 13.5. The van der Waals surface area contributed by atoms with E-state index in [-0.39, 0.29) is 11.8 Å². The van der Waals surface area contributed by atoms with E-state index in [1.807, 2.05) is 36.4 Å². The SMILES string of the molecule is CCONC(=O)c1ccc(CN2C(=O)CSc3ccccc32)cc1. The average molecular weight is 342 g/mol. The molecule has 1 aliphatic rings. The zero-order valence-electron chi connectivity index (χ0n) is 13.3. The fourth-order valence-electron chi connectivity index (χ4n) is 2.47. The molecule has 1 N–H and O–H groups in total. The van der Waals surface area contributed by atoms with Gasteiger partial charge in [-0.05, 0) is 36.8 Å². The molecule has 0 aromatic heterocycles. The van der Waals surface area contributed by atoms with Crippen LogP contribution in [-0.2, 0) is 16.2 Å². The van der Waals surface area contributed by atoms with Gasteiger partial charge in [0.2, 0.25) is 5.91 Å². The summed E-state index contributed by atoms with van der Waals surface area (Å²) in [6.45, 7) is 2.71. The Bertz CT molecular complexity index is 746. The van der Waals surface area contributed by atoms with Gasteiger partial charge in [0.25, 0.3) is 5.91 Å². The molecule has 0 unspecified atom stereocenters. The number of nitrogens with one attached hydrogen (secondary N) is 1. The number of fused-ring (bicyclic) bond motifs is 1. The molecule has 124 valence electrons. The fraction of sp³-hybridized carbons (Fsp3) is 0.222. The minimum atomic E-state index is -0.279. The van der Waals surface area contributed by atoms with E-state index in [1.54, 1.807) is 35.7 Å². The van der Waals surface area contributed by atoms with Crippen LogP contribution < -0.4 is 10.4 Å². The molecule has 24 heavy (non-hydrogen) atoms. The van der Waals surface area contributed by atoms with Crippen molar-refractivity contribution >= 4 is 29.3 Å². The molecule has 0 radical (unpaired) electrons. The van der Waals surface area contributed by atoms with Crippen LogP contribution in [0.15, 0.2) is 53.4 Å². The molecule has 1 aliphatic heterocycles. The van der Waals surface area contributed by atoms with Gasteiger partial charge in [-0.15, -0.1) is 11.8 Å². The summed E-state index contributed by atoms with van der Waals surface area (Å²) in [5.74, 6) is 0.266. The second-order valence-electron chi connectivity index (χ2n) is 5.30. The summed E-state index contributed by atoms with van der Waals surface area (Å²) < 4.78 is 0. The molecule has 0 spiro atoms. The largest absolute Gasteiger partial charge is 0.306 e. The van der Waals surface area contributed by atoms with Crippen LogP contribution in [-0.4, -0.2) is 24.2 Å². The number of benzene rings is 2. The second-order valence-corrected chi connectivity index (χ2v) is 6.31. The Balaban J connectivity index is 1.74. The number of hydrogen-bond acceptors (Lipinski definition) is 4. The van der Waals surface area contributed by atoms with E-state index in [0.29, 0.717) is 24.5 Å². The van der Waals surface area contributed by atoms with Crippen LogP contribution in [0.1, 0.15) is 22.8 Å². The Kier molecular flexibility index (Phi) is 5.17. The highest BCUT2D eigenvalue weighted by Gasteiger charge is 2.24. The number of rotatable bonds is 5. The van der Waals surface area contributed by atoms with Crippen LogP contribution in [0.2, 0.25) is 0 Å². The molecule has 0 aliphatic carbocycles. The van der Waals surface area contributed by atoms with Crippen molar-refractivity contribution in [2.24, 2.45) is 0 Å². The van der Waals surface area contributed by atoms with Crippen molar-refractivity contribution < 1.29 is 14.4 Å². The number of hydrogen-bond donors (Lipinski definition) is 1. The lowest BCUT2D eigenvalue weighted by Gasteiger charge is -2.29. The zero-order chi connectivity index (χ0) is 16.9. The summed E-state index contributed by atoms with van der Waals surface area (Å²) in [5, 5.41) is 0. The maximum Gasteiger partial charge on any atom is 0.274 e. The van der Waals surface area contributed by atoms with Gasteiger partial charge in [-0.25, -0.2) is 5.48 Å². The summed E-state index contributed by atoms with van der Waals surface area (Å²) in [6, 6.07) is 15.1. The molecule has 1 heterocycles. The third kappa shape index (κ3) is 3.60. The number of para-hydroxylation sites is 1. The molecule has 0 bridgehead atoms. The number of amides is 2. The number of carbonyl (C=O) groups excluding carboxylic acids is 2. The van der Waals surface area contributed by atoms with Gasteiger partial charge in [-0.3, -0.25) is 14.4 Å². The Hall–Kier alpha value is -2.31. The Morgan fingerprint density at radius 1 is 1.21 bits per heavy atom. The van der Waals surface area contributed by atoms with E-state index in [4.69, 9.17) is 4.84 Å². The van der Waals surface area contributed by atoms with E-state index >= 15 is 0 Å². The van der Waals surface area contributed by atoms with Gasteiger partial charge in [-0.1, -0.05) is 24.3 Å². The fourth-order valence-corrected chi connectivity index (χ4v) is 3.40. The Morgan fingerprint density at radius 2 is 1.96 bits per heavy atom. The maximum absolute atomic E-state index is 12.3. The zero-order valence-corrected chi connectivity index (χ0v) is 14.1. The molecule has 2 amide bonds. The van der Waals surface area contributed by atoms with Crippen molar-refractivity contribution in [1.29, 1.82) is 0 Å². The number of carbonyl (C=O) groups is 2. The topological polar surface area (TPSA) is 58.6 Å². The van der Waals surface area contributed by atoms with Crippen molar-refractivity contribution in [3.05, 3.63) is 59.7 Å². The summed E-state index contributed by atoms with van der Waals surface area (Å²) in [5.41, 5.74) is 4.80. The minimum absolute atomic E-state index is 0.0943. The lowest BCUT2D eigenvalue weighted by atomic mass is 10.1. The van der Waals surface area contributed by atoms with E-state index < -0.39 is 0 Å². The van der Waals surface area contributed by atoms with Crippen LogP contribution in [0.25, 0.3) is 0 Å². The molecule has 0 atom stereocenters. The van der Waals surface area contributed by atoms with Crippen molar-refractivity contribution in [3.63, 3.8) is 0 Å². The lowest BCUT2D eigenvalue weighted by molar-refractivity contribution is -0.116. The highest BCUT2D eigenvalue weighted by atomic mass is 32.2. The van der Waals surface area contributed by atoms with Gasteiger partial charge in [-0.2, -0.15) is 0 Å². The van der Waals surface area contributed by atoms with E-state index in [2.05, 4.69) is 5.48 Å². The van der Waals surface area contributed by atoms with Crippen molar-refractivity contribution in [3.8, 4) is 0 Å². The predicted molar refractivity (Wildman–Crippen MR) is 93.9 cm³/mol. The summed E-state index contributed by atoms with van der Waals surface area (Å²) in [7, 11) is 0. The first-order valence-corrected chi connectivity index (χ1v) is 8.71. The molecule has 5 nitrogen and oxygen atoms in total. The number of hydroxylamine groups is 1. The summed E-state index contributed by atoms with van der Waals surface area (Å²) in [6.07, 6.45) is 0. The third-order valence-corrected chi connectivity index (χ3v) is 4.72. The number of thioether (sulfide) groups is 1. The molecule has 6 heteroatoms. The van der Waals surface area contributed by atoms with Crippen molar-refractivity contribution in [2.75, 3.05) is 17.3 Å². The lowest BCUT2D eigenvalue weighted by Crippen LogP contribution is -2.34. The molecule has 0 saturated carbocycles. The van der Waals surface area contributed by atoms with Gasteiger partial charge < -0.3 is 4.90 Å².